The molecule has 0 saturated carbocycles. The molecule has 1 atom stereocenters. The number of carbonyl (C=O) groups is 1. The Labute approximate surface area is 140 Å². The van der Waals surface area contributed by atoms with Crippen molar-refractivity contribution >= 4 is 11.6 Å². The van der Waals surface area contributed by atoms with Gasteiger partial charge in [0.15, 0.2) is 5.82 Å². The van der Waals surface area contributed by atoms with E-state index in [-0.39, 0.29) is 5.91 Å². The minimum Gasteiger partial charge on any atom is -0.325 e. The average Bonchev–Trinajstić information content (AvgIpc) is 3.11. The standard InChI is InChI=1S/C18H19N5O/c1-12-8-9-15(10-13(12)2)19-18(24)16(17-20-22-23-21-17)11-14-6-4-3-5-7-14/h3-10,16H,11H2,1-2H3,(H,19,24)(H,20,21,22,23)/t16-/m0/s1. The number of aryl methyl sites for hydroxylation is 2. The number of amides is 1. The van der Waals surface area contributed by atoms with E-state index in [0.717, 1.165) is 16.8 Å². The van der Waals surface area contributed by atoms with Gasteiger partial charge in [-0.15, -0.1) is 10.2 Å². The van der Waals surface area contributed by atoms with Crippen LogP contribution >= 0.6 is 0 Å². The first-order valence-electron chi connectivity index (χ1n) is 7.79. The van der Waals surface area contributed by atoms with Crippen molar-refractivity contribution in [3.8, 4) is 0 Å². The van der Waals surface area contributed by atoms with Crippen LogP contribution in [0.1, 0.15) is 28.4 Å². The van der Waals surface area contributed by atoms with Gasteiger partial charge in [0.1, 0.15) is 5.92 Å². The number of nitrogens with one attached hydrogen (secondary N) is 2. The molecule has 0 fully saturated rings. The molecule has 6 heteroatoms. The molecule has 6 nitrogen and oxygen atoms in total. The Balaban J connectivity index is 1.82. The molecule has 3 rings (SSSR count). The van der Waals surface area contributed by atoms with Crippen molar-refractivity contribution in [2.24, 2.45) is 0 Å². The van der Waals surface area contributed by atoms with Gasteiger partial charge < -0.3 is 5.32 Å². The lowest BCUT2D eigenvalue weighted by Gasteiger charge is -2.14. The molecule has 2 aromatic carbocycles. The summed E-state index contributed by atoms with van der Waals surface area (Å²) in [5, 5.41) is 17.0. The summed E-state index contributed by atoms with van der Waals surface area (Å²) in [6.45, 7) is 4.06. The van der Waals surface area contributed by atoms with Crippen LogP contribution in [-0.4, -0.2) is 26.5 Å². The van der Waals surface area contributed by atoms with Gasteiger partial charge in [-0.05, 0) is 49.1 Å². The van der Waals surface area contributed by atoms with Gasteiger partial charge in [-0.25, -0.2) is 0 Å². The van der Waals surface area contributed by atoms with Gasteiger partial charge in [0.05, 0.1) is 0 Å². The molecular formula is C18H19N5O. The van der Waals surface area contributed by atoms with Gasteiger partial charge in [0, 0.05) is 5.69 Å². The van der Waals surface area contributed by atoms with Crippen molar-refractivity contribution in [2.45, 2.75) is 26.2 Å². The lowest BCUT2D eigenvalue weighted by atomic mass is 9.97. The Kier molecular flexibility index (Phi) is 4.65. The van der Waals surface area contributed by atoms with Gasteiger partial charge in [-0.1, -0.05) is 41.6 Å². The molecule has 0 unspecified atom stereocenters. The summed E-state index contributed by atoms with van der Waals surface area (Å²) in [5.74, 6) is -0.267. The topological polar surface area (TPSA) is 83.6 Å². The maximum absolute atomic E-state index is 12.8. The highest BCUT2D eigenvalue weighted by Crippen LogP contribution is 2.21. The first kappa shape index (κ1) is 15.9. The smallest absolute Gasteiger partial charge is 0.235 e. The van der Waals surface area contributed by atoms with Gasteiger partial charge in [-0.3, -0.25) is 4.79 Å². The van der Waals surface area contributed by atoms with Crippen molar-refractivity contribution in [1.82, 2.24) is 20.6 Å². The molecule has 0 saturated heterocycles. The van der Waals surface area contributed by atoms with E-state index in [9.17, 15) is 4.79 Å². The van der Waals surface area contributed by atoms with E-state index in [0.29, 0.717) is 12.2 Å². The summed E-state index contributed by atoms with van der Waals surface area (Å²) in [6, 6.07) is 15.7. The monoisotopic (exact) mass is 321 g/mol. The number of nitrogens with zero attached hydrogens (tertiary/aromatic N) is 3. The zero-order chi connectivity index (χ0) is 16.9. The van der Waals surface area contributed by atoms with E-state index < -0.39 is 5.92 Å². The summed E-state index contributed by atoms with van der Waals surface area (Å²) < 4.78 is 0. The minimum atomic E-state index is -0.507. The molecule has 1 amide bonds. The van der Waals surface area contributed by atoms with Crippen LogP contribution < -0.4 is 5.32 Å². The Morgan fingerprint density at radius 1 is 1.12 bits per heavy atom. The molecule has 1 aromatic heterocycles. The quantitative estimate of drug-likeness (QED) is 0.757. The predicted octanol–water partition coefficient (Wildman–Crippen LogP) is 2.78. The van der Waals surface area contributed by atoms with Crippen molar-refractivity contribution < 1.29 is 4.79 Å². The van der Waals surface area contributed by atoms with Crippen molar-refractivity contribution in [1.29, 1.82) is 0 Å². The molecular weight excluding hydrogens is 302 g/mol. The molecule has 0 aliphatic heterocycles. The third-order valence-electron chi connectivity index (χ3n) is 4.05. The zero-order valence-corrected chi connectivity index (χ0v) is 13.7. The van der Waals surface area contributed by atoms with E-state index in [1.54, 1.807) is 0 Å². The highest BCUT2D eigenvalue weighted by molar-refractivity contribution is 5.95. The Bertz CT molecular complexity index is 815. The highest BCUT2D eigenvalue weighted by atomic mass is 16.1. The summed E-state index contributed by atoms with van der Waals surface area (Å²) in [7, 11) is 0. The predicted molar refractivity (Wildman–Crippen MR) is 91.6 cm³/mol. The lowest BCUT2D eigenvalue weighted by Crippen LogP contribution is -2.24. The van der Waals surface area contributed by atoms with Gasteiger partial charge in [0.2, 0.25) is 5.91 Å². The number of hydrogen-bond donors (Lipinski definition) is 2. The Morgan fingerprint density at radius 3 is 2.58 bits per heavy atom. The van der Waals surface area contributed by atoms with Gasteiger partial charge in [-0.2, -0.15) is 5.21 Å². The maximum atomic E-state index is 12.8. The molecule has 1 heterocycles. The van der Waals surface area contributed by atoms with Crippen LogP contribution in [0.2, 0.25) is 0 Å². The fourth-order valence-electron chi connectivity index (χ4n) is 2.52. The summed E-state index contributed by atoms with van der Waals surface area (Å²) in [5.41, 5.74) is 4.13. The normalized spacial score (nSPS) is 11.9. The van der Waals surface area contributed by atoms with Crippen molar-refractivity contribution in [2.75, 3.05) is 5.32 Å². The zero-order valence-electron chi connectivity index (χ0n) is 13.7. The number of aromatic nitrogens is 4. The molecule has 3 aromatic rings. The van der Waals surface area contributed by atoms with Gasteiger partial charge >= 0.3 is 0 Å². The summed E-state index contributed by atoms with van der Waals surface area (Å²) in [4.78, 5) is 12.8. The molecule has 0 aliphatic carbocycles. The lowest BCUT2D eigenvalue weighted by molar-refractivity contribution is -0.117. The first-order chi connectivity index (χ1) is 11.6. The second kappa shape index (κ2) is 7.04. The number of tetrazole rings is 1. The van der Waals surface area contributed by atoms with Crippen LogP contribution in [-0.2, 0) is 11.2 Å². The Morgan fingerprint density at radius 2 is 1.92 bits per heavy atom. The van der Waals surface area contributed by atoms with E-state index in [2.05, 4.69) is 25.9 Å². The number of anilines is 1. The van der Waals surface area contributed by atoms with E-state index in [1.807, 2.05) is 62.4 Å². The average molecular weight is 321 g/mol. The number of benzene rings is 2. The molecule has 0 radical (unpaired) electrons. The van der Waals surface area contributed by atoms with Crippen LogP contribution in [0, 0.1) is 13.8 Å². The van der Waals surface area contributed by atoms with Crippen LogP contribution in [0.5, 0.6) is 0 Å². The molecule has 0 bridgehead atoms. The third kappa shape index (κ3) is 3.65. The largest absolute Gasteiger partial charge is 0.325 e. The minimum absolute atomic E-state index is 0.150. The third-order valence-corrected chi connectivity index (χ3v) is 4.05. The summed E-state index contributed by atoms with van der Waals surface area (Å²) >= 11 is 0. The van der Waals surface area contributed by atoms with E-state index in [4.69, 9.17) is 0 Å². The molecule has 122 valence electrons. The molecule has 0 aliphatic rings. The SMILES string of the molecule is Cc1ccc(NC(=O)[C@@H](Cc2ccccc2)c2nn[nH]n2)cc1C. The van der Waals surface area contributed by atoms with Crippen molar-refractivity contribution in [3.63, 3.8) is 0 Å². The van der Waals surface area contributed by atoms with Crippen LogP contribution in [0.3, 0.4) is 0 Å². The molecule has 24 heavy (non-hydrogen) atoms. The number of aromatic amines is 1. The first-order valence-corrected chi connectivity index (χ1v) is 7.79. The second-order valence-electron chi connectivity index (χ2n) is 5.80. The summed E-state index contributed by atoms with van der Waals surface area (Å²) in [6.07, 6.45) is 0.511. The van der Waals surface area contributed by atoms with Crippen LogP contribution in [0.4, 0.5) is 5.69 Å². The fraction of sp³-hybridized carbons (Fsp3) is 0.222. The van der Waals surface area contributed by atoms with E-state index in [1.165, 1.54) is 5.56 Å². The van der Waals surface area contributed by atoms with Gasteiger partial charge in [0.25, 0.3) is 0 Å². The fourth-order valence-corrected chi connectivity index (χ4v) is 2.52. The van der Waals surface area contributed by atoms with Crippen LogP contribution in [0.25, 0.3) is 0 Å². The Hall–Kier alpha value is -3.02. The van der Waals surface area contributed by atoms with E-state index >= 15 is 0 Å². The highest BCUT2D eigenvalue weighted by Gasteiger charge is 2.25. The van der Waals surface area contributed by atoms with Crippen molar-refractivity contribution in [3.05, 3.63) is 71.0 Å². The number of hydrogen-bond acceptors (Lipinski definition) is 4. The van der Waals surface area contributed by atoms with Crippen LogP contribution in [0.15, 0.2) is 48.5 Å². The number of carbonyl (C=O) groups excluding carboxylic acids is 1. The molecule has 2 N–H and O–H groups in total. The molecule has 0 spiro atoms. The number of H-pyrrole nitrogens is 1. The second-order valence-corrected chi connectivity index (χ2v) is 5.80. The maximum Gasteiger partial charge on any atom is 0.235 e. The number of rotatable bonds is 5.